The third-order valence-corrected chi connectivity index (χ3v) is 2.71. The Kier molecular flexibility index (Phi) is 2.08. The van der Waals surface area contributed by atoms with Gasteiger partial charge in [-0.1, -0.05) is 18.2 Å². The minimum atomic E-state index is 0.587. The molecule has 4 heteroatoms. The van der Waals surface area contributed by atoms with E-state index in [9.17, 15) is 0 Å². The highest BCUT2D eigenvalue weighted by Gasteiger charge is 2.07. The minimum Gasteiger partial charge on any atom is -0.330 e. The Bertz CT molecular complexity index is 642. The number of pyridine rings is 1. The Balaban J connectivity index is 2.42. The molecule has 0 amide bonds. The standard InChI is InChI=1S/C12H12N4/c13-8-7-12-15-14-11-6-5-9-3-1-2-4-10(9)16(11)12/h1-6H,7-8,13H2. The van der Waals surface area contributed by atoms with E-state index < -0.39 is 0 Å². The van der Waals surface area contributed by atoms with Crippen molar-refractivity contribution < 1.29 is 0 Å². The second-order valence-corrected chi connectivity index (χ2v) is 3.74. The zero-order valence-corrected chi connectivity index (χ0v) is 8.80. The van der Waals surface area contributed by atoms with Gasteiger partial charge in [0.25, 0.3) is 0 Å². The van der Waals surface area contributed by atoms with Crippen LogP contribution in [0.3, 0.4) is 0 Å². The predicted molar refractivity (Wildman–Crippen MR) is 63.3 cm³/mol. The molecule has 2 heterocycles. The van der Waals surface area contributed by atoms with Crippen LogP contribution in [0.25, 0.3) is 16.6 Å². The summed E-state index contributed by atoms with van der Waals surface area (Å²) in [5, 5.41) is 9.50. The number of nitrogens with two attached hydrogens (primary N) is 1. The molecule has 4 nitrogen and oxygen atoms in total. The number of fused-ring (bicyclic) bond motifs is 3. The van der Waals surface area contributed by atoms with Crippen LogP contribution in [0.5, 0.6) is 0 Å². The second kappa shape index (κ2) is 3.57. The van der Waals surface area contributed by atoms with E-state index in [0.717, 1.165) is 23.4 Å². The lowest BCUT2D eigenvalue weighted by Crippen LogP contribution is -2.06. The van der Waals surface area contributed by atoms with E-state index >= 15 is 0 Å². The predicted octanol–water partition coefficient (Wildman–Crippen LogP) is 1.38. The lowest BCUT2D eigenvalue weighted by atomic mass is 10.2. The summed E-state index contributed by atoms with van der Waals surface area (Å²) in [4.78, 5) is 0. The minimum absolute atomic E-state index is 0.587. The molecular weight excluding hydrogens is 200 g/mol. The molecule has 3 rings (SSSR count). The molecule has 0 spiro atoms. The number of para-hydroxylation sites is 1. The molecule has 0 radical (unpaired) electrons. The number of aromatic nitrogens is 3. The van der Waals surface area contributed by atoms with Crippen molar-refractivity contribution in [1.29, 1.82) is 0 Å². The Morgan fingerprint density at radius 1 is 1.06 bits per heavy atom. The lowest BCUT2D eigenvalue weighted by molar-refractivity contribution is 0.857. The van der Waals surface area contributed by atoms with E-state index in [2.05, 4.69) is 32.8 Å². The first-order valence-electron chi connectivity index (χ1n) is 5.32. The van der Waals surface area contributed by atoms with Gasteiger partial charge in [-0.3, -0.25) is 4.40 Å². The average Bonchev–Trinajstić information content (AvgIpc) is 2.73. The quantitative estimate of drug-likeness (QED) is 0.698. The first-order valence-corrected chi connectivity index (χ1v) is 5.32. The molecule has 0 fully saturated rings. The molecule has 0 saturated heterocycles. The zero-order chi connectivity index (χ0) is 11.0. The Morgan fingerprint density at radius 3 is 2.81 bits per heavy atom. The molecule has 2 N–H and O–H groups in total. The van der Waals surface area contributed by atoms with Crippen LogP contribution in [-0.4, -0.2) is 21.1 Å². The van der Waals surface area contributed by atoms with E-state index in [-0.39, 0.29) is 0 Å². The van der Waals surface area contributed by atoms with Gasteiger partial charge in [0.05, 0.1) is 5.52 Å². The highest BCUT2D eigenvalue weighted by atomic mass is 15.2. The largest absolute Gasteiger partial charge is 0.330 e. The number of rotatable bonds is 2. The molecule has 2 aromatic heterocycles. The Morgan fingerprint density at radius 2 is 1.94 bits per heavy atom. The number of hydrogen-bond acceptors (Lipinski definition) is 3. The number of nitrogens with zero attached hydrogens (tertiary/aromatic N) is 3. The van der Waals surface area contributed by atoms with Crippen LogP contribution in [0.1, 0.15) is 5.82 Å². The van der Waals surface area contributed by atoms with Crippen LogP contribution in [0.4, 0.5) is 0 Å². The summed E-state index contributed by atoms with van der Waals surface area (Å²) in [6, 6.07) is 12.3. The molecule has 0 aliphatic rings. The third-order valence-electron chi connectivity index (χ3n) is 2.71. The summed E-state index contributed by atoms with van der Waals surface area (Å²) in [6.45, 7) is 0.587. The summed E-state index contributed by atoms with van der Waals surface area (Å²) in [7, 11) is 0. The van der Waals surface area contributed by atoms with Gasteiger partial charge < -0.3 is 5.73 Å². The third kappa shape index (κ3) is 1.27. The van der Waals surface area contributed by atoms with Crippen molar-refractivity contribution in [2.24, 2.45) is 5.73 Å². The molecule has 0 saturated carbocycles. The fraction of sp³-hybridized carbons (Fsp3) is 0.167. The van der Waals surface area contributed by atoms with Gasteiger partial charge in [-0.25, -0.2) is 0 Å². The molecule has 0 aliphatic heterocycles. The van der Waals surface area contributed by atoms with Crippen molar-refractivity contribution in [3.8, 4) is 0 Å². The summed E-state index contributed by atoms with van der Waals surface area (Å²) < 4.78 is 2.07. The number of hydrogen-bond donors (Lipinski definition) is 1. The van der Waals surface area contributed by atoms with Gasteiger partial charge in [-0.15, -0.1) is 10.2 Å². The van der Waals surface area contributed by atoms with Gasteiger partial charge in [0.15, 0.2) is 5.65 Å². The molecule has 16 heavy (non-hydrogen) atoms. The van der Waals surface area contributed by atoms with Gasteiger partial charge in [0, 0.05) is 6.42 Å². The van der Waals surface area contributed by atoms with Gasteiger partial charge in [0.2, 0.25) is 0 Å². The van der Waals surface area contributed by atoms with E-state index in [1.165, 1.54) is 5.39 Å². The van der Waals surface area contributed by atoms with Crippen LogP contribution < -0.4 is 5.73 Å². The van der Waals surface area contributed by atoms with Crippen molar-refractivity contribution in [1.82, 2.24) is 14.6 Å². The molecule has 0 atom stereocenters. The van der Waals surface area contributed by atoms with Crippen LogP contribution in [-0.2, 0) is 6.42 Å². The van der Waals surface area contributed by atoms with Crippen molar-refractivity contribution in [3.63, 3.8) is 0 Å². The average molecular weight is 212 g/mol. The summed E-state index contributed by atoms with van der Waals surface area (Å²) >= 11 is 0. The SMILES string of the molecule is NCCc1nnc2ccc3ccccc3n12. The molecule has 0 unspecified atom stereocenters. The van der Waals surface area contributed by atoms with Crippen molar-refractivity contribution >= 4 is 16.6 Å². The molecule has 1 aromatic carbocycles. The van der Waals surface area contributed by atoms with Gasteiger partial charge in [-0.2, -0.15) is 0 Å². The molecule has 3 aromatic rings. The highest BCUT2D eigenvalue weighted by molar-refractivity contribution is 5.81. The topological polar surface area (TPSA) is 56.2 Å². The van der Waals surface area contributed by atoms with Crippen molar-refractivity contribution in [3.05, 3.63) is 42.2 Å². The highest BCUT2D eigenvalue weighted by Crippen LogP contribution is 2.17. The molecule has 0 bridgehead atoms. The van der Waals surface area contributed by atoms with E-state index in [4.69, 9.17) is 5.73 Å². The van der Waals surface area contributed by atoms with Crippen molar-refractivity contribution in [2.75, 3.05) is 6.54 Å². The normalized spacial score (nSPS) is 11.3. The fourth-order valence-corrected chi connectivity index (χ4v) is 1.99. The molecule has 0 aliphatic carbocycles. The van der Waals surface area contributed by atoms with E-state index in [1.807, 2.05) is 18.2 Å². The van der Waals surface area contributed by atoms with Crippen LogP contribution >= 0.6 is 0 Å². The summed E-state index contributed by atoms with van der Waals surface area (Å²) in [5.74, 6) is 0.925. The number of benzene rings is 1. The van der Waals surface area contributed by atoms with Crippen LogP contribution in [0.15, 0.2) is 36.4 Å². The van der Waals surface area contributed by atoms with E-state index in [0.29, 0.717) is 6.54 Å². The van der Waals surface area contributed by atoms with Gasteiger partial charge in [-0.05, 0) is 30.1 Å². The monoisotopic (exact) mass is 212 g/mol. The molecule has 80 valence electrons. The first-order chi connectivity index (χ1) is 7.90. The van der Waals surface area contributed by atoms with Crippen molar-refractivity contribution in [2.45, 2.75) is 6.42 Å². The van der Waals surface area contributed by atoms with E-state index in [1.54, 1.807) is 0 Å². The smallest absolute Gasteiger partial charge is 0.161 e. The lowest BCUT2D eigenvalue weighted by Gasteiger charge is -2.03. The summed E-state index contributed by atoms with van der Waals surface area (Å²) in [5.41, 5.74) is 7.58. The first kappa shape index (κ1) is 9.30. The second-order valence-electron chi connectivity index (χ2n) is 3.74. The maximum Gasteiger partial charge on any atom is 0.161 e. The maximum absolute atomic E-state index is 5.57. The van der Waals surface area contributed by atoms with Crippen LogP contribution in [0, 0.1) is 0 Å². The maximum atomic E-state index is 5.57. The Labute approximate surface area is 92.7 Å². The Hall–Kier alpha value is -1.94. The molecular formula is C12H12N4. The summed E-state index contributed by atoms with van der Waals surface area (Å²) in [6.07, 6.45) is 0.745. The van der Waals surface area contributed by atoms with Gasteiger partial charge in [0.1, 0.15) is 5.82 Å². The zero-order valence-electron chi connectivity index (χ0n) is 8.80. The van der Waals surface area contributed by atoms with Crippen LogP contribution in [0.2, 0.25) is 0 Å². The van der Waals surface area contributed by atoms with Gasteiger partial charge >= 0.3 is 0 Å². The fourth-order valence-electron chi connectivity index (χ4n) is 1.99.